The Morgan fingerprint density at radius 2 is 1.62 bits per heavy atom. The van der Waals surface area contributed by atoms with Gasteiger partial charge in [-0.25, -0.2) is 9.78 Å². The van der Waals surface area contributed by atoms with Gasteiger partial charge in [0.2, 0.25) is 0 Å². The number of carbonyl (C=O) groups excluding carboxylic acids is 1. The summed E-state index contributed by atoms with van der Waals surface area (Å²) in [6, 6.07) is 26.3. The number of aryl methyl sites for hydroxylation is 1. The van der Waals surface area contributed by atoms with Crippen LogP contribution in [0, 0.1) is 17.0 Å². The number of rotatable bonds is 7. The van der Waals surface area contributed by atoms with E-state index in [2.05, 4.69) is 39.1 Å². The van der Waals surface area contributed by atoms with Crippen LogP contribution in [-0.2, 0) is 9.53 Å². The zero-order chi connectivity index (χ0) is 27.4. The molecule has 0 atom stereocenters. The topological polar surface area (TPSA) is 118 Å². The molecule has 9 heteroatoms. The second kappa shape index (κ2) is 11.2. The highest BCUT2D eigenvalue weighted by atomic mass is 16.6. The average molecular weight is 523 g/mol. The predicted octanol–water partition coefficient (Wildman–Crippen LogP) is 2.61. The lowest BCUT2D eigenvalue weighted by atomic mass is 9.94. The van der Waals surface area contributed by atoms with Crippen LogP contribution in [0.4, 0.5) is 5.69 Å². The van der Waals surface area contributed by atoms with Gasteiger partial charge in [-0.3, -0.25) is 19.8 Å². The van der Waals surface area contributed by atoms with Crippen LogP contribution in [0.25, 0.3) is 12.2 Å². The number of esters is 1. The van der Waals surface area contributed by atoms with Crippen LogP contribution in [0.5, 0.6) is 0 Å². The highest BCUT2D eigenvalue weighted by molar-refractivity contribution is 5.99. The third-order valence-electron chi connectivity index (χ3n) is 6.59. The van der Waals surface area contributed by atoms with Crippen molar-refractivity contribution in [3.8, 4) is 0 Å². The van der Waals surface area contributed by atoms with E-state index in [1.165, 1.54) is 29.3 Å². The van der Waals surface area contributed by atoms with E-state index in [4.69, 9.17) is 4.74 Å². The van der Waals surface area contributed by atoms with Crippen molar-refractivity contribution >= 4 is 23.8 Å². The Hall–Kier alpha value is -4.89. The van der Waals surface area contributed by atoms with Gasteiger partial charge in [-0.15, -0.1) is 0 Å². The maximum Gasteiger partial charge on any atom is 0.334 e. The van der Waals surface area contributed by atoms with Crippen LogP contribution < -0.4 is 16.3 Å². The number of aromatic amines is 1. The van der Waals surface area contributed by atoms with Crippen LogP contribution in [0.3, 0.4) is 0 Å². The van der Waals surface area contributed by atoms with Gasteiger partial charge >= 0.3 is 5.97 Å². The van der Waals surface area contributed by atoms with Gasteiger partial charge in [-0.2, -0.15) is 0 Å². The molecule has 0 bridgehead atoms. The quantitative estimate of drug-likeness (QED) is 0.225. The molecule has 5 rings (SSSR count). The molecule has 1 fully saturated rings. The molecular formula is C30H26N4O5. The Morgan fingerprint density at radius 1 is 1.03 bits per heavy atom. The fourth-order valence-electron chi connectivity index (χ4n) is 4.66. The number of hydrogen-bond acceptors (Lipinski definition) is 7. The molecule has 1 N–H and O–H groups in total. The summed E-state index contributed by atoms with van der Waals surface area (Å²) in [5.74, 6) is -0.578. The number of likely N-dealkylation sites (tertiary alicyclic amines) is 1. The average Bonchev–Trinajstić information content (AvgIpc) is 2.91. The van der Waals surface area contributed by atoms with Crippen molar-refractivity contribution in [2.24, 2.45) is 0 Å². The van der Waals surface area contributed by atoms with Crippen molar-refractivity contribution in [1.29, 1.82) is 0 Å². The summed E-state index contributed by atoms with van der Waals surface area (Å²) in [6.45, 7) is 2.83. The van der Waals surface area contributed by atoms with E-state index in [1.807, 2.05) is 36.4 Å². The number of nitro benzene ring substituents is 1. The number of nitrogens with one attached hydrogen (secondary N) is 1. The van der Waals surface area contributed by atoms with Gasteiger partial charge in [0, 0.05) is 25.2 Å². The normalized spacial score (nSPS) is 14.8. The number of nitro groups is 1. The highest BCUT2D eigenvalue weighted by Gasteiger charge is 2.36. The molecule has 1 aliphatic heterocycles. The van der Waals surface area contributed by atoms with Crippen molar-refractivity contribution in [1.82, 2.24) is 14.9 Å². The molecule has 4 aromatic rings. The van der Waals surface area contributed by atoms with Crippen LogP contribution in [0.2, 0.25) is 0 Å². The predicted molar refractivity (Wildman–Crippen MR) is 146 cm³/mol. The summed E-state index contributed by atoms with van der Waals surface area (Å²) in [5.41, 5.74) is 3.01. The lowest BCUT2D eigenvalue weighted by Crippen LogP contribution is -2.54. The van der Waals surface area contributed by atoms with Crippen molar-refractivity contribution in [3.05, 3.63) is 138 Å². The van der Waals surface area contributed by atoms with Crippen LogP contribution in [-0.4, -0.2) is 45.0 Å². The Kier molecular flexibility index (Phi) is 7.42. The molecular weight excluding hydrogens is 496 g/mol. The standard InChI is InChI=1S/C30H26N4O5/c1-20-26(16-21-12-14-24(15-13-21)34(37)38)30(36)32-27(31-20)17-28(35)39-25-18-33(19-25)29(22-8-4-2-5-9-22)23-10-6-3-7-11-23/h2-17,25,29H,18-19H2,1H3,(H,32,36)/b26-16+,27-17+. The summed E-state index contributed by atoms with van der Waals surface area (Å²) in [6.07, 6.45) is 2.50. The maximum absolute atomic E-state index is 12.7. The summed E-state index contributed by atoms with van der Waals surface area (Å²) in [4.78, 5) is 44.8. The minimum atomic E-state index is -0.578. The Balaban J connectivity index is 1.27. The molecule has 1 saturated heterocycles. The fourth-order valence-corrected chi connectivity index (χ4v) is 4.66. The first-order chi connectivity index (χ1) is 18.9. The summed E-state index contributed by atoms with van der Waals surface area (Å²) in [7, 11) is 0. The molecule has 0 spiro atoms. The van der Waals surface area contributed by atoms with Gasteiger partial charge in [0.1, 0.15) is 11.6 Å². The van der Waals surface area contributed by atoms with Crippen molar-refractivity contribution in [2.75, 3.05) is 13.1 Å². The van der Waals surface area contributed by atoms with Gasteiger partial charge < -0.3 is 9.72 Å². The van der Waals surface area contributed by atoms with Gasteiger partial charge in [0.15, 0.2) is 0 Å². The molecule has 0 aliphatic carbocycles. The third-order valence-corrected chi connectivity index (χ3v) is 6.59. The molecule has 0 amide bonds. The minimum Gasteiger partial charge on any atom is -0.456 e. The molecule has 9 nitrogen and oxygen atoms in total. The number of hydrogen-bond donors (Lipinski definition) is 1. The zero-order valence-electron chi connectivity index (χ0n) is 21.2. The number of benzene rings is 3. The second-order valence-corrected chi connectivity index (χ2v) is 9.32. The number of nitrogens with zero attached hydrogens (tertiary/aromatic N) is 3. The van der Waals surface area contributed by atoms with Crippen molar-refractivity contribution < 1.29 is 14.5 Å². The molecule has 2 heterocycles. The van der Waals surface area contributed by atoms with Gasteiger partial charge in [-0.05, 0) is 41.8 Å². The van der Waals surface area contributed by atoms with Crippen LogP contribution in [0.1, 0.15) is 28.4 Å². The first-order valence-corrected chi connectivity index (χ1v) is 12.5. The van der Waals surface area contributed by atoms with E-state index in [0.717, 1.165) is 0 Å². The first kappa shape index (κ1) is 25.7. The van der Waals surface area contributed by atoms with Crippen LogP contribution in [0.15, 0.2) is 89.7 Å². The third kappa shape index (κ3) is 6.00. The molecule has 1 aliphatic rings. The molecule has 0 saturated carbocycles. The zero-order valence-corrected chi connectivity index (χ0v) is 21.2. The number of carbonyl (C=O) groups is 1. The van der Waals surface area contributed by atoms with Gasteiger partial charge in [0.05, 0.1) is 28.0 Å². The molecule has 39 heavy (non-hydrogen) atoms. The molecule has 1 aromatic heterocycles. The van der Waals surface area contributed by atoms with E-state index in [9.17, 15) is 19.7 Å². The monoisotopic (exact) mass is 522 g/mol. The fraction of sp³-hybridized carbons (Fsp3) is 0.167. The lowest BCUT2D eigenvalue weighted by Gasteiger charge is -2.43. The van der Waals surface area contributed by atoms with Crippen molar-refractivity contribution in [3.63, 3.8) is 0 Å². The minimum absolute atomic E-state index is 0.0374. The highest BCUT2D eigenvalue weighted by Crippen LogP contribution is 2.33. The summed E-state index contributed by atoms with van der Waals surface area (Å²) >= 11 is 0. The first-order valence-electron chi connectivity index (χ1n) is 12.5. The van der Waals surface area contributed by atoms with E-state index in [1.54, 1.807) is 25.1 Å². The number of non-ortho nitro benzene ring substituents is 1. The number of ether oxygens (including phenoxy) is 1. The van der Waals surface area contributed by atoms with Crippen molar-refractivity contribution in [2.45, 2.75) is 19.1 Å². The smallest absolute Gasteiger partial charge is 0.334 e. The van der Waals surface area contributed by atoms with Gasteiger partial charge in [0.25, 0.3) is 11.2 Å². The molecule has 196 valence electrons. The second-order valence-electron chi connectivity index (χ2n) is 9.32. The van der Waals surface area contributed by atoms with E-state index >= 15 is 0 Å². The maximum atomic E-state index is 12.7. The van der Waals surface area contributed by atoms with E-state index in [-0.39, 0.29) is 23.3 Å². The SMILES string of the molecule is Cc1n/c(=C\C(=O)OC2CN(C(c3ccccc3)c3ccccc3)C2)[nH]c(=O)/c1=C/c1ccc([N+](=O)[O-])cc1. The van der Waals surface area contributed by atoms with E-state index < -0.39 is 16.5 Å². The number of aromatic nitrogens is 2. The summed E-state index contributed by atoms with van der Waals surface area (Å²) < 4.78 is 5.62. The Labute approximate surface area is 223 Å². The Morgan fingerprint density at radius 3 is 2.15 bits per heavy atom. The Bertz CT molecular complexity index is 1620. The van der Waals surface area contributed by atoms with Crippen LogP contribution >= 0.6 is 0 Å². The largest absolute Gasteiger partial charge is 0.456 e. The molecule has 3 aromatic carbocycles. The number of H-pyrrole nitrogens is 1. The van der Waals surface area contributed by atoms with Gasteiger partial charge in [-0.1, -0.05) is 60.7 Å². The molecule has 0 unspecified atom stereocenters. The summed E-state index contributed by atoms with van der Waals surface area (Å²) in [5, 5.41) is 11.1. The lowest BCUT2D eigenvalue weighted by molar-refractivity contribution is -0.384. The molecule has 0 radical (unpaired) electrons. The van der Waals surface area contributed by atoms with E-state index in [0.29, 0.717) is 29.6 Å².